The Balaban J connectivity index is 1.38. The molecule has 2 aromatic carbocycles. The molecular weight excluding hydrogens is 450 g/mol. The molecule has 0 radical (unpaired) electrons. The van der Waals surface area contributed by atoms with Crippen LogP contribution in [-0.4, -0.2) is 64.8 Å². The molecule has 1 aliphatic heterocycles. The molecule has 3 heterocycles. The van der Waals surface area contributed by atoms with Gasteiger partial charge in [0, 0.05) is 56.2 Å². The van der Waals surface area contributed by atoms with Crippen molar-refractivity contribution in [3.05, 3.63) is 72.6 Å². The summed E-state index contributed by atoms with van der Waals surface area (Å²) < 4.78 is 0. The van der Waals surface area contributed by atoms with E-state index in [1.807, 2.05) is 59.8 Å². The van der Waals surface area contributed by atoms with Gasteiger partial charge in [0.15, 0.2) is 5.65 Å². The minimum absolute atomic E-state index is 0.152. The molecule has 4 aromatic rings. The first-order valence-corrected chi connectivity index (χ1v) is 12.5. The fraction of sp³-hybridized carbons (Fsp3) is 0.321. The maximum atomic E-state index is 13.7. The lowest BCUT2D eigenvalue weighted by atomic mass is 9.96. The van der Waals surface area contributed by atoms with Crippen LogP contribution in [0.25, 0.3) is 22.2 Å². The number of benzene rings is 2. The molecule has 8 nitrogen and oxygen atoms in total. The first-order chi connectivity index (χ1) is 17.5. The molecule has 2 aromatic heterocycles. The number of nitrogens with zero attached hydrogens (tertiary/aromatic N) is 4. The van der Waals surface area contributed by atoms with Crippen molar-refractivity contribution in [3.63, 3.8) is 0 Å². The number of rotatable bonds is 7. The number of aromatic nitrogens is 3. The van der Waals surface area contributed by atoms with E-state index < -0.39 is 0 Å². The standard InChI is InChI=1S/C28H33N7O/c1-19(2)30-17-24(21-8-10-22(29)11-9-21)28(36)35-14-12-34(13-15-35)26-23(20-6-4-3-5-7-20)16-31-27-25(26)18-32-33-27/h3-11,16,18-19,24,30H,12-15,17,29H2,1-2H3,(H,31,32,33)/t24-/m1/s1. The van der Waals surface area contributed by atoms with Crippen molar-refractivity contribution < 1.29 is 4.79 Å². The van der Waals surface area contributed by atoms with Gasteiger partial charge in [-0.05, 0) is 23.3 Å². The third kappa shape index (κ3) is 4.90. The Morgan fingerprint density at radius 3 is 2.44 bits per heavy atom. The summed E-state index contributed by atoms with van der Waals surface area (Å²) in [6.07, 6.45) is 3.76. The zero-order chi connectivity index (χ0) is 25.1. The number of hydrogen-bond acceptors (Lipinski definition) is 6. The fourth-order valence-corrected chi connectivity index (χ4v) is 4.86. The lowest BCUT2D eigenvalue weighted by Crippen LogP contribution is -2.51. The Bertz CT molecular complexity index is 1310. The molecule has 4 N–H and O–H groups in total. The zero-order valence-electron chi connectivity index (χ0n) is 20.8. The van der Waals surface area contributed by atoms with Crippen molar-refractivity contribution in [3.8, 4) is 11.1 Å². The molecule has 0 spiro atoms. The first kappa shape index (κ1) is 23.8. The Kier molecular flexibility index (Phi) is 6.86. The van der Waals surface area contributed by atoms with Gasteiger partial charge in [0.25, 0.3) is 0 Å². The SMILES string of the molecule is CC(C)NC[C@@H](C(=O)N1CCN(c2c(-c3ccccc3)cnc3[nH]ncc23)CC1)c1ccc(N)cc1. The van der Waals surface area contributed by atoms with E-state index in [4.69, 9.17) is 5.73 Å². The monoisotopic (exact) mass is 483 g/mol. The van der Waals surface area contributed by atoms with Gasteiger partial charge in [-0.3, -0.25) is 9.89 Å². The Morgan fingerprint density at radius 2 is 1.75 bits per heavy atom. The lowest BCUT2D eigenvalue weighted by molar-refractivity contribution is -0.133. The summed E-state index contributed by atoms with van der Waals surface area (Å²) in [5, 5.41) is 11.7. The summed E-state index contributed by atoms with van der Waals surface area (Å²) in [7, 11) is 0. The number of H-pyrrole nitrogens is 1. The zero-order valence-corrected chi connectivity index (χ0v) is 20.8. The predicted molar refractivity (Wildman–Crippen MR) is 145 cm³/mol. The normalized spacial score (nSPS) is 15.0. The average Bonchev–Trinajstić information content (AvgIpc) is 3.38. The highest BCUT2D eigenvalue weighted by Crippen LogP contribution is 2.36. The van der Waals surface area contributed by atoms with Crippen molar-refractivity contribution >= 4 is 28.3 Å². The smallest absolute Gasteiger partial charge is 0.231 e. The van der Waals surface area contributed by atoms with Gasteiger partial charge in [0.05, 0.1) is 23.2 Å². The van der Waals surface area contributed by atoms with Gasteiger partial charge in [0.2, 0.25) is 5.91 Å². The number of nitrogens with one attached hydrogen (secondary N) is 2. The lowest BCUT2D eigenvalue weighted by Gasteiger charge is -2.38. The maximum absolute atomic E-state index is 13.7. The van der Waals surface area contributed by atoms with Crippen LogP contribution in [0.4, 0.5) is 11.4 Å². The summed E-state index contributed by atoms with van der Waals surface area (Å²) in [6.45, 7) is 7.57. The molecular formula is C28H33N7O. The van der Waals surface area contributed by atoms with E-state index in [9.17, 15) is 4.79 Å². The Morgan fingerprint density at radius 1 is 1.03 bits per heavy atom. The van der Waals surface area contributed by atoms with E-state index in [2.05, 4.69) is 51.4 Å². The van der Waals surface area contributed by atoms with E-state index >= 15 is 0 Å². The molecule has 186 valence electrons. The molecule has 5 rings (SSSR count). The average molecular weight is 484 g/mol. The van der Waals surface area contributed by atoms with E-state index in [0.29, 0.717) is 31.4 Å². The highest BCUT2D eigenvalue weighted by atomic mass is 16.2. The quantitative estimate of drug-likeness (QED) is 0.347. The number of nitrogens with two attached hydrogens (primary N) is 1. The third-order valence-electron chi connectivity index (χ3n) is 6.81. The largest absolute Gasteiger partial charge is 0.399 e. The van der Waals surface area contributed by atoms with Crippen LogP contribution in [0.5, 0.6) is 0 Å². The number of anilines is 2. The van der Waals surface area contributed by atoms with Crippen molar-refractivity contribution in [2.24, 2.45) is 0 Å². The van der Waals surface area contributed by atoms with E-state index in [1.54, 1.807) is 0 Å². The molecule has 8 heteroatoms. The van der Waals surface area contributed by atoms with E-state index in [-0.39, 0.29) is 11.8 Å². The summed E-state index contributed by atoms with van der Waals surface area (Å²) in [5.41, 5.74) is 11.7. The first-order valence-electron chi connectivity index (χ1n) is 12.5. The van der Waals surface area contributed by atoms with E-state index in [1.165, 1.54) is 0 Å². The van der Waals surface area contributed by atoms with Crippen LogP contribution in [-0.2, 0) is 4.79 Å². The van der Waals surface area contributed by atoms with E-state index in [0.717, 1.165) is 46.5 Å². The van der Waals surface area contributed by atoms with Crippen LogP contribution in [0.3, 0.4) is 0 Å². The summed E-state index contributed by atoms with van der Waals surface area (Å²) in [6, 6.07) is 18.3. The van der Waals surface area contributed by atoms with Gasteiger partial charge < -0.3 is 20.9 Å². The Hall–Kier alpha value is -3.91. The van der Waals surface area contributed by atoms with Crippen LogP contribution >= 0.6 is 0 Å². The van der Waals surface area contributed by atoms with Crippen LogP contribution in [0.15, 0.2) is 67.0 Å². The number of amides is 1. The molecule has 36 heavy (non-hydrogen) atoms. The van der Waals surface area contributed by atoms with Gasteiger partial charge in [-0.15, -0.1) is 0 Å². The second-order valence-electron chi connectivity index (χ2n) is 9.61. The summed E-state index contributed by atoms with van der Waals surface area (Å²) in [4.78, 5) is 22.7. The van der Waals surface area contributed by atoms with Crippen LogP contribution in [0.2, 0.25) is 0 Å². The number of fused-ring (bicyclic) bond motifs is 1. The van der Waals surface area contributed by atoms with Crippen molar-refractivity contribution in [1.82, 2.24) is 25.4 Å². The van der Waals surface area contributed by atoms with Crippen LogP contribution < -0.4 is 16.0 Å². The molecule has 0 saturated carbocycles. The second kappa shape index (κ2) is 10.4. The van der Waals surface area contributed by atoms with Crippen molar-refractivity contribution in [2.75, 3.05) is 43.4 Å². The summed E-state index contributed by atoms with van der Waals surface area (Å²) >= 11 is 0. The summed E-state index contributed by atoms with van der Waals surface area (Å²) in [5.74, 6) is -0.0972. The number of carbonyl (C=O) groups is 1. The van der Waals surface area contributed by atoms with Gasteiger partial charge in [-0.2, -0.15) is 5.10 Å². The molecule has 1 saturated heterocycles. The number of nitrogen functional groups attached to an aromatic ring is 1. The number of pyridine rings is 1. The highest BCUT2D eigenvalue weighted by molar-refractivity contribution is 5.98. The molecule has 1 atom stereocenters. The van der Waals surface area contributed by atoms with Crippen LogP contribution in [0.1, 0.15) is 25.3 Å². The minimum Gasteiger partial charge on any atom is -0.399 e. The number of hydrogen-bond donors (Lipinski definition) is 3. The minimum atomic E-state index is -0.249. The second-order valence-corrected chi connectivity index (χ2v) is 9.61. The molecule has 0 unspecified atom stereocenters. The molecule has 1 aliphatic rings. The Labute approximate surface area is 211 Å². The predicted octanol–water partition coefficient (Wildman–Crippen LogP) is 3.64. The topological polar surface area (TPSA) is 103 Å². The van der Waals surface area contributed by atoms with Gasteiger partial charge in [-0.25, -0.2) is 4.98 Å². The molecule has 0 bridgehead atoms. The van der Waals surface area contributed by atoms with Gasteiger partial charge in [0.1, 0.15) is 0 Å². The number of piperazine rings is 1. The van der Waals surface area contributed by atoms with Crippen molar-refractivity contribution in [2.45, 2.75) is 25.8 Å². The number of aromatic amines is 1. The van der Waals surface area contributed by atoms with Gasteiger partial charge >= 0.3 is 0 Å². The van der Waals surface area contributed by atoms with Crippen LogP contribution in [0, 0.1) is 0 Å². The van der Waals surface area contributed by atoms with Gasteiger partial charge in [-0.1, -0.05) is 56.3 Å². The molecule has 1 amide bonds. The molecule has 1 fully saturated rings. The van der Waals surface area contributed by atoms with Crippen molar-refractivity contribution in [1.29, 1.82) is 0 Å². The fourth-order valence-electron chi connectivity index (χ4n) is 4.86. The number of carbonyl (C=O) groups excluding carboxylic acids is 1. The molecule has 0 aliphatic carbocycles. The third-order valence-corrected chi connectivity index (χ3v) is 6.81. The maximum Gasteiger partial charge on any atom is 0.231 e. The highest BCUT2D eigenvalue weighted by Gasteiger charge is 2.30.